The van der Waals surface area contributed by atoms with Gasteiger partial charge < -0.3 is 14.5 Å². The van der Waals surface area contributed by atoms with Crippen LogP contribution in [0, 0.1) is 0 Å². The van der Waals surface area contributed by atoms with Gasteiger partial charge in [0.05, 0.1) is 24.3 Å². The van der Waals surface area contributed by atoms with Gasteiger partial charge in [-0.1, -0.05) is 0 Å². The lowest BCUT2D eigenvalue weighted by atomic mass is 10.2. The molecule has 1 aromatic carbocycles. The Bertz CT molecular complexity index is 579. The van der Waals surface area contributed by atoms with E-state index in [1.54, 1.807) is 13.3 Å². The zero-order chi connectivity index (χ0) is 13.2. The third kappa shape index (κ3) is 2.98. The Morgan fingerprint density at radius 3 is 3.00 bits per heavy atom. The van der Waals surface area contributed by atoms with Gasteiger partial charge in [-0.05, 0) is 47.0 Å². The van der Waals surface area contributed by atoms with Crippen molar-refractivity contribution in [3.63, 3.8) is 0 Å². The summed E-state index contributed by atoms with van der Waals surface area (Å²) in [6, 6.07) is 6.49. The minimum absolute atomic E-state index is 0.658. The van der Waals surface area contributed by atoms with Crippen LogP contribution in [0.4, 0.5) is 0 Å². The van der Waals surface area contributed by atoms with Crippen molar-refractivity contribution in [1.29, 1.82) is 0 Å². The third-order valence-corrected chi connectivity index (χ3v) is 3.73. The van der Waals surface area contributed by atoms with Gasteiger partial charge >= 0.3 is 0 Å². The monoisotopic (exact) mass is 322 g/mol. The number of benzene rings is 1. The predicted molar refractivity (Wildman–Crippen MR) is 76.1 cm³/mol. The van der Waals surface area contributed by atoms with Gasteiger partial charge in [0, 0.05) is 11.6 Å². The quantitative estimate of drug-likeness (QED) is 0.916. The van der Waals surface area contributed by atoms with Crippen LogP contribution >= 0.6 is 15.9 Å². The molecule has 0 bridgehead atoms. The summed E-state index contributed by atoms with van der Waals surface area (Å²) in [6.07, 6.45) is 4.29. The molecule has 1 fully saturated rings. The van der Waals surface area contributed by atoms with E-state index < -0.39 is 0 Å². The maximum Gasteiger partial charge on any atom is 0.208 e. The van der Waals surface area contributed by atoms with Crippen molar-refractivity contribution in [2.24, 2.45) is 0 Å². The summed E-state index contributed by atoms with van der Waals surface area (Å²) >= 11 is 3.47. The molecule has 1 aliphatic rings. The summed E-state index contributed by atoms with van der Waals surface area (Å²) in [5, 5.41) is 3.38. The zero-order valence-corrected chi connectivity index (χ0v) is 12.2. The first-order valence-electron chi connectivity index (χ1n) is 6.28. The Balaban J connectivity index is 1.75. The summed E-state index contributed by atoms with van der Waals surface area (Å²) in [6.45, 7) is 0.696. The smallest absolute Gasteiger partial charge is 0.208 e. The largest absolute Gasteiger partial charge is 0.496 e. The van der Waals surface area contributed by atoms with Gasteiger partial charge in [0.2, 0.25) is 5.89 Å². The van der Waals surface area contributed by atoms with Crippen LogP contribution in [-0.2, 0) is 6.54 Å². The molecule has 0 unspecified atom stereocenters. The van der Waals surface area contributed by atoms with Crippen LogP contribution in [0.1, 0.15) is 18.7 Å². The van der Waals surface area contributed by atoms with Crippen LogP contribution < -0.4 is 10.1 Å². The van der Waals surface area contributed by atoms with Crippen LogP contribution in [0.15, 0.2) is 33.3 Å². The first kappa shape index (κ1) is 12.7. The van der Waals surface area contributed by atoms with E-state index in [2.05, 4.69) is 26.2 Å². The number of hydrogen-bond acceptors (Lipinski definition) is 4. The Morgan fingerprint density at radius 1 is 1.47 bits per heavy atom. The number of oxazole rings is 1. The first-order valence-corrected chi connectivity index (χ1v) is 7.07. The minimum Gasteiger partial charge on any atom is -0.496 e. The van der Waals surface area contributed by atoms with Crippen molar-refractivity contribution in [1.82, 2.24) is 10.3 Å². The average molecular weight is 323 g/mol. The first-order chi connectivity index (χ1) is 9.26. The Kier molecular flexibility index (Phi) is 3.57. The van der Waals surface area contributed by atoms with Crippen LogP contribution in [0.2, 0.25) is 0 Å². The van der Waals surface area contributed by atoms with Crippen LogP contribution in [0.25, 0.3) is 11.3 Å². The van der Waals surface area contributed by atoms with Gasteiger partial charge in [0.25, 0.3) is 0 Å². The number of ether oxygens (including phenoxy) is 1. The standard InChI is InChI=1S/C14H15BrN2O2/c1-18-12-5-2-9(6-11(12)15)13-7-17-14(19-13)8-16-10-3-4-10/h2,5-7,10,16H,3-4,8H2,1H3. The highest BCUT2D eigenvalue weighted by Crippen LogP contribution is 2.30. The Morgan fingerprint density at radius 2 is 2.32 bits per heavy atom. The highest BCUT2D eigenvalue weighted by Gasteiger charge is 2.21. The predicted octanol–water partition coefficient (Wildman–Crippen LogP) is 3.36. The number of halogens is 1. The lowest BCUT2D eigenvalue weighted by Gasteiger charge is -2.04. The average Bonchev–Trinajstić information content (AvgIpc) is 3.13. The lowest BCUT2D eigenvalue weighted by molar-refractivity contribution is 0.412. The fourth-order valence-corrected chi connectivity index (χ4v) is 2.40. The van der Waals surface area contributed by atoms with Gasteiger partial charge in [-0.25, -0.2) is 4.98 Å². The van der Waals surface area contributed by atoms with E-state index in [1.807, 2.05) is 18.2 Å². The normalized spacial score (nSPS) is 14.6. The molecule has 1 N–H and O–H groups in total. The van der Waals surface area contributed by atoms with E-state index >= 15 is 0 Å². The SMILES string of the molecule is COc1ccc(-c2cnc(CNC3CC3)o2)cc1Br. The van der Waals surface area contributed by atoms with Crippen molar-refractivity contribution in [2.45, 2.75) is 25.4 Å². The molecule has 4 nitrogen and oxygen atoms in total. The Hall–Kier alpha value is -1.33. The number of nitrogens with zero attached hydrogens (tertiary/aromatic N) is 1. The number of aromatic nitrogens is 1. The maximum absolute atomic E-state index is 5.74. The molecule has 0 aliphatic heterocycles. The topological polar surface area (TPSA) is 47.3 Å². The molecule has 0 atom stereocenters. The Labute approximate surface area is 120 Å². The summed E-state index contributed by atoms with van der Waals surface area (Å²) in [5.74, 6) is 2.31. The van der Waals surface area contributed by atoms with E-state index in [1.165, 1.54) is 12.8 Å². The summed E-state index contributed by atoms with van der Waals surface area (Å²) in [7, 11) is 1.65. The van der Waals surface area contributed by atoms with Crippen molar-refractivity contribution >= 4 is 15.9 Å². The van der Waals surface area contributed by atoms with E-state index in [0.29, 0.717) is 12.6 Å². The van der Waals surface area contributed by atoms with Gasteiger partial charge in [-0.15, -0.1) is 0 Å². The summed E-state index contributed by atoms with van der Waals surface area (Å²) in [4.78, 5) is 4.29. The molecule has 1 aliphatic carbocycles. The molecule has 1 heterocycles. The molecule has 1 saturated carbocycles. The number of nitrogens with one attached hydrogen (secondary N) is 1. The fraction of sp³-hybridized carbons (Fsp3) is 0.357. The number of rotatable bonds is 5. The molecule has 1 aromatic heterocycles. The second-order valence-electron chi connectivity index (χ2n) is 4.62. The molecular weight excluding hydrogens is 308 g/mol. The van der Waals surface area contributed by atoms with Crippen LogP contribution in [-0.4, -0.2) is 18.1 Å². The molecule has 0 radical (unpaired) electrons. The number of hydrogen-bond donors (Lipinski definition) is 1. The van der Waals surface area contributed by atoms with Gasteiger partial charge in [0.15, 0.2) is 5.76 Å². The molecule has 100 valence electrons. The van der Waals surface area contributed by atoms with E-state index in [4.69, 9.17) is 9.15 Å². The highest BCUT2D eigenvalue weighted by atomic mass is 79.9. The van der Waals surface area contributed by atoms with Crippen molar-refractivity contribution in [2.75, 3.05) is 7.11 Å². The third-order valence-electron chi connectivity index (χ3n) is 3.11. The van der Waals surface area contributed by atoms with E-state index in [-0.39, 0.29) is 0 Å². The molecular formula is C14H15BrN2O2. The summed E-state index contributed by atoms with van der Waals surface area (Å²) < 4.78 is 11.9. The molecule has 2 aromatic rings. The van der Waals surface area contributed by atoms with Crippen molar-refractivity contribution in [3.05, 3.63) is 34.8 Å². The number of methoxy groups -OCH3 is 1. The van der Waals surface area contributed by atoms with Gasteiger partial charge in [-0.2, -0.15) is 0 Å². The second-order valence-corrected chi connectivity index (χ2v) is 5.48. The highest BCUT2D eigenvalue weighted by molar-refractivity contribution is 9.10. The van der Waals surface area contributed by atoms with Crippen LogP contribution in [0.3, 0.4) is 0 Å². The summed E-state index contributed by atoms with van der Waals surface area (Å²) in [5.41, 5.74) is 0.984. The van der Waals surface area contributed by atoms with Gasteiger partial charge in [-0.3, -0.25) is 0 Å². The minimum atomic E-state index is 0.658. The van der Waals surface area contributed by atoms with E-state index in [0.717, 1.165) is 27.4 Å². The lowest BCUT2D eigenvalue weighted by Crippen LogP contribution is -2.15. The molecule has 0 spiro atoms. The molecule has 3 rings (SSSR count). The van der Waals surface area contributed by atoms with Crippen LogP contribution in [0.5, 0.6) is 5.75 Å². The maximum atomic E-state index is 5.74. The zero-order valence-electron chi connectivity index (χ0n) is 10.6. The second kappa shape index (κ2) is 5.35. The fourth-order valence-electron chi connectivity index (χ4n) is 1.86. The molecule has 5 heteroatoms. The molecule has 0 amide bonds. The van der Waals surface area contributed by atoms with E-state index in [9.17, 15) is 0 Å². The van der Waals surface area contributed by atoms with Crippen molar-refractivity contribution in [3.8, 4) is 17.1 Å². The molecule has 19 heavy (non-hydrogen) atoms. The molecule has 0 saturated heterocycles. The van der Waals surface area contributed by atoms with Crippen molar-refractivity contribution < 1.29 is 9.15 Å². The van der Waals surface area contributed by atoms with Gasteiger partial charge in [0.1, 0.15) is 5.75 Å².